The number of hydrogen-bond donors (Lipinski definition) is 1. The van der Waals surface area contributed by atoms with Crippen molar-refractivity contribution >= 4 is 5.71 Å². The van der Waals surface area contributed by atoms with E-state index in [2.05, 4.69) is 0 Å². The quantitative estimate of drug-likeness (QED) is 0.810. The molecule has 1 aromatic carbocycles. The summed E-state index contributed by atoms with van der Waals surface area (Å²) in [5.74, 6) is 1.52. The van der Waals surface area contributed by atoms with Crippen molar-refractivity contribution in [3.05, 3.63) is 23.8 Å². The Bertz CT molecular complexity index is 409. The predicted molar refractivity (Wildman–Crippen MR) is 68.4 cm³/mol. The van der Waals surface area contributed by atoms with Gasteiger partial charge in [-0.25, -0.2) is 0 Å². The maximum Gasteiger partial charge on any atom is 0.162 e. The van der Waals surface area contributed by atoms with Crippen LogP contribution in [0.4, 0.5) is 0 Å². The van der Waals surface area contributed by atoms with E-state index in [0.29, 0.717) is 11.8 Å². The monoisotopic (exact) mass is 233 g/mol. The Kier molecular flexibility index (Phi) is 3.67. The Morgan fingerprint density at radius 3 is 2.53 bits per heavy atom. The summed E-state index contributed by atoms with van der Waals surface area (Å²) in [4.78, 5) is 0. The van der Waals surface area contributed by atoms with Crippen LogP contribution in [0.2, 0.25) is 0 Å². The molecule has 0 atom stereocenters. The molecular formula is C14H19NO2. The van der Waals surface area contributed by atoms with Crippen molar-refractivity contribution in [1.29, 1.82) is 5.41 Å². The Morgan fingerprint density at radius 1 is 1.24 bits per heavy atom. The third kappa shape index (κ3) is 2.78. The molecule has 1 aliphatic carbocycles. The SMILES string of the molecule is COc1ccc(C(C)=N)cc1OC1CCCC1. The Hall–Kier alpha value is -1.51. The summed E-state index contributed by atoms with van der Waals surface area (Å²) < 4.78 is 11.3. The first kappa shape index (κ1) is 12.0. The number of benzene rings is 1. The fourth-order valence-corrected chi connectivity index (χ4v) is 2.19. The summed E-state index contributed by atoms with van der Waals surface area (Å²) in [5, 5.41) is 7.65. The Balaban J connectivity index is 2.21. The van der Waals surface area contributed by atoms with Crippen molar-refractivity contribution in [2.75, 3.05) is 7.11 Å². The Labute approximate surface area is 102 Å². The molecule has 1 aliphatic rings. The minimum absolute atomic E-state index is 0.310. The molecule has 0 saturated heterocycles. The third-order valence-electron chi connectivity index (χ3n) is 3.19. The molecule has 0 radical (unpaired) electrons. The van der Waals surface area contributed by atoms with Gasteiger partial charge in [0.15, 0.2) is 11.5 Å². The van der Waals surface area contributed by atoms with Gasteiger partial charge in [0.1, 0.15) is 0 Å². The van der Waals surface area contributed by atoms with Gasteiger partial charge in [-0.2, -0.15) is 0 Å². The summed E-state index contributed by atoms with van der Waals surface area (Å²) in [5.41, 5.74) is 1.43. The van der Waals surface area contributed by atoms with Gasteiger partial charge in [-0.05, 0) is 56.4 Å². The molecular weight excluding hydrogens is 214 g/mol. The van der Waals surface area contributed by atoms with Gasteiger partial charge in [-0.15, -0.1) is 0 Å². The first-order valence-corrected chi connectivity index (χ1v) is 6.11. The molecule has 0 bridgehead atoms. The molecule has 0 amide bonds. The minimum atomic E-state index is 0.310. The van der Waals surface area contributed by atoms with Gasteiger partial charge >= 0.3 is 0 Å². The molecule has 3 heteroatoms. The number of nitrogens with one attached hydrogen (secondary N) is 1. The second kappa shape index (κ2) is 5.21. The van der Waals surface area contributed by atoms with Gasteiger partial charge in [0.05, 0.1) is 13.2 Å². The van der Waals surface area contributed by atoms with Crippen molar-refractivity contribution in [2.45, 2.75) is 38.7 Å². The summed E-state index contributed by atoms with van der Waals surface area (Å²) in [6.45, 7) is 1.78. The van der Waals surface area contributed by atoms with E-state index in [-0.39, 0.29) is 0 Å². The lowest BCUT2D eigenvalue weighted by molar-refractivity contribution is 0.201. The molecule has 1 aromatic rings. The maximum atomic E-state index is 7.65. The molecule has 1 N–H and O–H groups in total. The van der Waals surface area contributed by atoms with Crippen molar-refractivity contribution < 1.29 is 9.47 Å². The molecule has 0 heterocycles. The topological polar surface area (TPSA) is 42.3 Å². The number of methoxy groups -OCH3 is 1. The summed E-state index contributed by atoms with van der Waals surface area (Å²) in [6, 6.07) is 5.67. The van der Waals surface area contributed by atoms with Crippen LogP contribution in [-0.2, 0) is 0 Å². The lowest BCUT2D eigenvalue weighted by Gasteiger charge is -2.16. The number of rotatable bonds is 4. The van der Waals surface area contributed by atoms with Crippen molar-refractivity contribution in [1.82, 2.24) is 0 Å². The van der Waals surface area contributed by atoms with Crippen LogP contribution in [0, 0.1) is 5.41 Å². The predicted octanol–water partition coefficient (Wildman–Crippen LogP) is 3.40. The first-order chi connectivity index (χ1) is 8.20. The first-order valence-electron chi connectivity index (χ1n) is 6.11. The van der Waals surface area contributed by atoms with Crippen LogP contribution in [-0.4, -0.2) is 18.9 Å². The van der Waals surface area contributed by atoms with Crippen LogP contribution >= 0.6 is 0 Å². The van der Waals surface area contributed by atoms with Gasteiger partial charge < -0.3 is 14.9 Å². The molecule has 0 unspecified atom stereocenters. The fourth-order valence-electron chi connectivity index (χ4n) is 2.19. The lowest BCUT2D eigenvalue weighted by atomic mass is 10.1. The molecule has 0 spiro atoms. The van der Waals surface area contributed by atoms with Crippen LogP contribution in [0.5, 0.6) is 11.5 Å². The maximum absolute atomic E-state index is 7.65. The van der Waals surface area contributed by atoms with Gasteiger partial charge in [-0.1, -0.05) is 0 Å². The highest BCUT2D eigenvalue weighted by Gasteiger charge is 2.18. The van der Waals surface area contributed by atoms with Gasteiger partial charge in [0, 0.05) is 5.71 Å². The zero-order valence-electron chi connectivity index (χ0n) is 10.5. The van der Waals surface area contributed by atoms with Gasteiger partial charge in [-0.3, -0.25) is 0 Å². The molecule has 1 saturated carbocycles. The lowest BCUT2D eigenvalue weighted by Crippen LogP contribution is -2.12. The molecule has 0 aromatic heterocycles. The smallest absolute Gasteiger partial charge is 0.162 e. The zero-order valence-corrected chi connectivity index (χ0v) is 10.5. The largest absolute Gasteiger partial charge is 0.493 e. The van der Waals surface area contributed by atoms with Crippen molar-refractivity contribution in [3.8, 4) is 11.5 Å². The second-order valence-corrected chi connectivity index (χ2v) is 4.51. The van der Waals surface area contributed by atoms with Gasteiger partial charge in [0.25, 0.3) is 0 Å². The Morgan fingerprint density at radius 2 is 1.94 bits per heavy atom. The van der Waals surface area contributed by atoms with Crippen molar-refractivity contribution in [3.63, 3.8) is 0 Å². The number of ether oxygens (including phenoxy) is 2. The van der Waals surface area contributed by atoms with E-state index in [4.69, 9.17) is 14.9 Å². The molecule has 17 heavy (non-hydrogen) atoms. The molecule has 3 nitrogen and oxygen atoms in total. The fraction of sp³-hybridized carbons (Fsp3) is 0.500. The second-order valence-electron chi connectivity index (χ2n) is 4.51. The van der Waals surface area contributed by atoms with Crippen LogP contribution in [0.25, 0.3) is 0 Å². The minimum Gasteiger partial charge on any atom is -0.493 e. The van der Waals surface area contributed by atoms with E-state index >= 15 is 0 Å². The normalized spacial score (nSPS) is 15.9. The van der Waals surface area contributed by atoms with Crippen LogP contribution in [0.3, 0.4) is 0 Å². The van der Waals surface area contributed by atoms with Crippen LogP contribution < -0.4 is 9.47 Å². The van der Waals surface area contributed by atoms with E-state index < -0.39 is 0 Å². The van der Waals surface area contributed by atoms with E-state index in [1.54, 1.807) is 14.0 Å². The van der Waals surface area contributed by atoms with E-state index in [1.165, 1.54) is 12.8 Å². The molecule has 92 valence electrons. The average molecular weight is 233 g/mol. The van der Waals surface area contributed by atoms with E-state index in [9.17, 15) is 0 Å². The third-order valence-corrected chi connectivity index (χ3v) is 3.19. The zero-order chi connectivity index (χ0) is 12.3. The summed E-state index contributed by atoms with van der Waals surface area (Å²) >= 11 is 0. The van der Waals surface area contributed by atoms with Crippen molar-refractivity contribution in [2.24, 2.45) is 0 Å². The molecule has 2 rings (SSSR count). The standard InChI is InChI=1S/C14H19NO2/c1-10(15)11-7-8-13(16-2)14(9-11)17-12-5-3-4-6-12/h7-9,12,15H,3-6H2,1-2H3. The van der Waals surface area contributed by atoms with E-state index in [1.807, 2.05) is 18.2 Å². The van der Waals surface area contributed by atoms with Gasteiger partial charge in [0.2, 0.25) is 0 Å². The van der Waals surface area contributed by atoms with Crippen LogP contribution in [0.15, 0.2) is 18.2 Å². The highest BCUT2D eigenvalue weighted by molar-refractivity contribution is 5.96. The highest BCUT2D eigenvalue weighted by Crippen LogP contribution is 2.32. The average Bonchev–Trinajstić information content (AvgIpc) is 2.81. The summed E-state index contributed by atoms with van der Waals surface area (Å²) in [6.07, 6.45) is 5.05. The van der Waals surface area contributed by atoms with E-state index in [0.717, 1.165) is 29.9 Å². The molecule has 0 aliphatic heterocycles. The number of hydrogen-bond acceptors (Lipinski definition) is 3. The summed E-state index contributed by atoms with van der Waals surface area (Å²) in [7, 11) is 1.65. The molecule has 1 fully saturated rings. The highest BCUT2D eigenvalue weighted by atomic mass is 16.5. The van der Waals surface area contributed by atoms with Crippen LogP contribution in [0.1, 0.15) is 38.2 Å².